The molecule has 0 saturated carbocycles. The lowest BCUT2D eigenvalue weighted by Gasteiger charge is -2.27. The summed E-state index contributed by atoms with van der Waals surface area (Å²) >= 11 is 0. The van der Waals surface area contributed by atoms with Crippen LogP contribution >= 0.6 is 0 Å². The Morgan fingerprint density at radius 3 is 2.64 bits per heavy atom. The molecule has 0 aromatic heterocycles. The van der Waals surface area contributed by atoms with E-state index >= 15 is 0 Å². The number of fused-ring (bicyclic) bond motifs is 1. The minimum atomic E-state index is -0.962. The lowest BCUT2D eigenvalue weighted by atomic mass is 10.0. The average Bonchev–Trinajstić information content (AvgIpc) is 2.90. The summed E-state index contributed by atoms with van der Waals surface area (Å²) in [6, 6.07) is 4.10. The Kier molecular flexibility index (Phi) is 6.18. The molecule has 1 fully saturated rings. The number of nitrogens with one attached hydrogen (secondary N) is 3. The van der Waals surface area contributed by atoms with E-state index in [1.165, 1.54) is 0 Å². The van der Waals surface area contributed by atoms with Crippen molar-refractivity contribution < 1.29 is 24.3 Å². The first-order chi connectivity index (χ1) is 13.4. The molecule has 150 valence electrons. The second-order valence-electron chi connectivity index (χ2n) is 7.02. The molecule has 3 rings (SSSR count). The number of benzene rings is 1. The van der Waals surface area contributed by atoms with Crippen LogP contribution in [0.25, 0.3) is 0 Å². The van der Waals surface area contributed by atoms with E-state index in [1.807, 2.05) is 0 Å². The van der Waals surface area contributed by atoms with Crippen molar-refractivity contribution in [2.45, 2.75) is 38.5 Å². The fraction of sp³-hybridized carbons (Fsp3) is 0.474. The second kappa shape index (κ2) is 8.59. The van der Waals surface area contributed by atoms with Crippen LogP contribution in [0, 0.1) is 0 Å². The molecule has 0 aliphatic carbocycles. The third kappa shape index (κ3) is 4.11. The predicted octanol–water partition coefficient (Wildman–Crippen LogP) is -0.852. The van der Waals surface area contributed by atoms with Crippen molar-refractivity contribution in [2.24, 2.45) is 0 Å². The summed E-state index contributed by atoms with van der Waals surface area (Å²) in [5.41, 5.74) is 1.27. The lowest BCUT2D eigenvalue weighted by Crippen LogP contribution is -2.54. The summed E-state index contributed by atoms with van der Waals surface area (Å²) in [5, 5.41) is 17.7. The second-order valence-corrected chi connectivity index (χ2v) is 7.02. The van der Waals surface area contributed by atoms with Gasteiger partial charge in [0, 0.05) is 32.6 Å². The van der Waals surface area contributed by atoms with E-state index in [0.717, 1.165) is 4.90 Å². The molecule has 0 spiro atoms. The van der Waals surface area contributed by atoms with Crippen molar-refractivity contribution in [1.29, 1.82) is 0 Å². The van der Waals surface area contributed by atoms with E-state index in [9.17, 15) is 24.3 Å². The van der Waals surface area contributed by atoms with Gasteiger partial charge in [-0.05, 0) is 25.0 Å². The highest BCUT2D eigenvalue weighted by Gasteiger charge is 2.45. The van der Waals surface area contributed by atoms with Crippen molar-refractivity contribution in [3.63, 3.8) is 0 Å². The van der Waals surface area contributed by atoms with Gasteiger partial charge >= 0.3 is 0 Å². The summed E-state index contributed by atoms with van der Waals surface area (Å²) in [5.74, 6) is -2.02. The molecular weight excluding hydrogens is 364 g/mol. The van der Waals surface area contributed by atoms with E-state index in [0.29, 0.717) is 37.3 Å². The number of imide groups is 2. The highest BCUT2D eigenvalue weighted by Crippen LogP contribution is 2.29. The number of hydrogen-bond acceptors (Lipinski definition) is 7. The number of nitrogens with zero attached hydrogens (tertiary/aromatic N) is 1. The molecule has 1 aromatic rings. The van der Waals surface area contributed by atoms with Crippen molar-refractivity contribution in [3.05, 3.63) is 34.9 Å². The topological polar surface area (TPSA) is 128 Å². The first-order valence-corrected chi connectivity index (χ1v) is 9.33. The van der Waals surface area contributed by atoms with E-state index in [-0.39, 0.29) is 18.4 Å². The molecule has 1 saturated heterocycles. The van der Waals surface area contributed by atoms with E-state index in [1.54, 1.807) is 25.1 Å². The molecule has 2 atom stereocenters. The summed E-state index contributed by atoms with van der Waals surface area (Å²) < 4.78 is 0. The van der Waals surface area contributed by atoms with E-state index in [2.05, 4.69) is 16.0 Å². The molecule has 0 bridgehead atoms. The normalized spacial score (nSPS) is 20.4. The number of aliphatic hydroxyl groups is 1. The monoisotopic (exact) mass is 388 g/mol. The fourth-order valence-electron chi connectivity index (χ4n) is 3.44. The van der Waals surface area contributed by atoms with Gasteiger partial charge < -0.3 is 15.7 Å². The summed E-state index contributed by atoms with van der Waals surface area (Å²) in [6.45, 7) is 3.85. The van der Waals surface area contributed by atoms with Crippen molar-refractivity contribution >= 4 is 23.6 Å². The van der Waals surface area contributed by atoms with Gasteiger partial charge in [0.05, 0.1) is 17.2 Å². The zero-order chi connectivity index (χ0) is 20.3. The standard InChI is InChI=1S/C19H24N4O5/c1-11(24)9-20-7-8-21-10-12-3-2-4-13-16(12)19(28)23(18(13)27)14-5-6-15(25)22-17(14)26/h2-4,11,14,20-21,24H,5-10H2,1H3,(H,22,25,26). The van der Waals surface area contributed by atoms with Gasteiger partial charge in [-0.15, -0.1) is 0 Å². The molecule has 9 nitrogen and oxygen atoms in total. The van der Waals surface area contributed by atoms with Crippen LogP contribution in [-0.4, -0.2) is 65.4 Å². The minimum absolute atomic E-state index is 0.0949. The van der Waals surface area contributed by atoms with Gasteiger partial charge in [-0.1, -0.05) is 12.1 Å². The quantitative estimate of drug-likeness (QED) is 0.337. The van der Waals surface area contributed by atoms with Crippen LogP contribution in [-0.2, 0) is 16.1 Å². The molecule has 4 N–H and O–H groups in total. The zero-order valence-electron chi connectivity index (χ0n) is 15.7. The third-order valence-corrected chi connectivity index (χ3v) is 4.79. The number of hydrogen-bond donors (Lipinski definition) is 4. The first-order valence-electron chi connectivity index (χ1n) is 9.33. The molecule has 4 amide bonds. The van der Waals surface area contributed by atoms with Gasteiger partial charge in [0.15, 0.2) is 0 Å². The molecule has 2 unspecified atom stereocenters. The average molecular weight is 388 g/mol. The summed E-state index contributed by atoms with van der Waals surface area (Å²) in [7, 11) is 0. The van der Waals surface area contributed by atoms with Crippen LogP contribution in [0.3, 0.4) is 0 Å². The van der Waals surface area contributed by atoms with Crippen LogP contribution in [0.5, 0.6) is 0 Å². The van der Waals surface area contributed by atoms with Crippen molar-refractivity contribution in [2.75, 3.05) is 19.6 Å². The molecule has 1 aromatic carbocycles. The number of amides is 4. The number of piperidine rings is 1. The van der Waals surface area contributed by atoms with Crippen LogP contribution in [0.2, 0.25) is 0 Å². The van der Waals surface area contributed by atoms with Gasteiger partial charge in [0.1, 0.15) is 6.04 Å². The maximum absolute atomic E-state index is 12.9. The predicted molar refractivity (Wildman–Crippen MR) is 99.4 cm³/mol. The van der Waals surface area contributed by atoms with Gasteiger partial charge in [0.25, 0.3) is 11.8 Å². The van der Waals surface area contributed by atoms with Gasteiger partial charge in [0.2, 0.25) is 11.8 Å². The highest BCUT2D eigenvalue weighted by molar-refractivity contribution is 6.24. The largest absolute Gasteiger partial charge is 0.392 e. The molecule has 2 aliphatic rings. The number of aliphatic hydroxyl groups excluding tert-OH is 1. The molecule has 28 heavy (non-hydrogen) atoms. The Bertz CT molecular complexity index is 808. The smallest absolute Gasteiger partial charge is 0.262 e. The van der Waals surface area contributed by atoms with Crippen LogP contribution in [0.15, 0.2) is 18.2 Å². The third-order valence-electron chi connectivity index (χ3n) is 4.79. The summed E-state index contributed by atoms with van der Waals surface area (Å²) in [4.78, 5) is 50.1. The first kappa shape index (κ1) is 20.1. The fourth-order valence-corrected chi connectivity index (χ4v) is 3.44. The van der Waals surface area contributed by atoms with Crippen LogP contribution in [0.4, 0.5) is 0 Å². The Morgan fingerprint density at radius 1 is 1.18 bits per heavy atom. The number of carbonyl (C=O) groups is 4. The van der Waals surface area contributed by atoms with Crippen LogP contribution < -0.4 is 16.0 Å². The van der Waals surface area contributed by atoms with Gasteiger partial charge in [-0.3, -0.25) is 29.4 Å². The van der Waals surface area contributed by atoms with Crippen LogP contribution in [0.1, 0.15) is 46.0 Å². The molecule has 2 heterocycles. The Morgan fingerprint density at radius 2 is 1.93 bits per heavy atom. The number of rotatable bonds is 8. The Balaban J connectivity index is 1.68. The van der Waals surface area contributed by atoms with Gasteiger partial charge in [-0.2, -0.15) is 0 Å². The SMILES string of the molecule is CC(O)CNCCNCc1cccc2c1C(=O)N(C1CCC(=O)NC1=O)C2=O. The van der Waals surface area contributed by atoms with E-state index in [4.69, 9.17) is 0 Å². The Labute approximate surface area is 162 Å². The molecule has 9 heteroatoms. The zero-order valence-corrected chi connectivity index (χ0v) is 15.7. The lowest BCUT2D eigenvalue weighted by molar-refractivity contribution is -0.136. The van der Waals surface area contributed by atoms with Crippen molar-refractivity contribution in [1.82, 2.24) is 20.9 Å². The molecule has 2 aliphatic heterocycles. The Hall–Kier alpha value is -2.62. The van der Waals surface area contributed by atoms with Gasteiger partial charge in [-0.25, -0.2) is 0 Å². The molecule has 0 radical (unpaired) electrons. The number of carbonyl (C=O) groups excluding carboxylic acids is 4. The highest BCUT2D eigenvalue weighted by atomic mass is 16.3. The van der Waals surface area contributed by atoms with E-state index < -0.39 is 35.8 Å². The maximum Gasteiger partial charge on any atom is 0.262 e. The minimum Gasteiger partial charge on any atom is -0.392 e. The molecular formula is C19H24N4O5. The summed E-state index contributed by atoms with van der Waals surface area (Å²) in [6.07, 6.45) is -0.185. The van der Waals surface area contributed by atoms with Crippen molar-refractivity contribution in [3.8, 4) is 0 Å². The maximum atomic E-state index is 12.9.